The van der Waals surface area contributed by atoms with E-state index >= 15 is 0 Å². The molecule has 0 saturated heterocycles. The second-order valence-corrected chi connectivity index (χ2v) is 7.87. The number of benzene rings is 1. The lowest BCUT2D eigenvalue weighted by Gasteiger charge is -2.17. The average Bonchev–Trinajstić information content (AvgIpc) is 2.90. The van der Waals surface area contributed by atoms with Gasteiger partial charge >= 0.3 is 5.97 Å². The Morgan fingerprint density at radius 1 is 1.33 bits per heavy atom. The van der Waals surface area contributed by atoms with Crippen molar-refractivity contribution in [1.29, 1.82) is 0 Å². The summed E-state index contributed by atoms with van der Waals surface area (Å²) in [6.07, 6.45) is 0. The molecular weight excluding hydrogens is 374 g/mol. The van der Waals surface area contributed by atoms with Crippen LogP contribution in [0.3, 0.4) is 0 Å². The topological polar surface area (TPSA) is 125 Å². The van der Waals surface area contributed by atoms with Gasteiger partial charge in [-0.2, -0.15) is 0 Å². The molecule has 1 amide bonds. The molecule has 0 unspecified atom stereocenters. The Morgan fingerprint density at radius 3 is 2.59 bits per heavy atom. The molecule has 1 heterocycles. The molecule has 0 fully saturated rings. The summed E-state index contributed by atoms with van der Waals surface area (Å²) in [5, 5.41) is 11.9. The largest absolute Gasteiger partial charge is 0.466 e. The molecule has 3 N–H and O–H groups in total. The van der Waals surface area contributed by atoms with Gasteiger partial charge in [0.2, 0.25) is 10.0 Å². The van der Waals surface area contributed by atoms with Gasteiger partial charge in [0.15, 0.2) is 0 Å². The number of aliphatic hydroxyl groups is 1. The second kappa shape index (κ2) is 8.51. The first-order valence-electron chi connectivity index (χ1n) is 8.31. The summed E-state index contributed by atoms with van der Waals surface area (Å²) in [5.41, 5.74) is 0.156. The molecule has 2 rings (SSSR count). The predicted molar refractivity (Wildman–Crippen MR) is 98.2 cm³/mol. The van der Waals surface area contributed by atoms with E-state index < -0.39 is 21.9 Å². The van der Waals surface area contributed by atoms with Crippen molar-refractivity contribution in [1.82, 2.24) is 9.62 Å². The SMILES string of the molecule is COC(=O)C1=C(Nc2ccccc2S(=O)(=O)NC(C)C)C(=O)N(CCO)C1. The van der Waals surface area contributed by atoms with E-state index in [1.807, 2.05) is 0 Å². The van der Waals surface area contributed by atoms with Gasteiger partial charge in [0.05, 0.1) is 31.5 Å². The third kappa shape index (κ3) is 4.65. The van der Waals surface area contributed by atoms with Crippen LogP contribution in [0.2, 0.25) is 0 Å². The van der Waals surface area contributed by atoms with Crippen molar-refractivity contribution in [2.24, 2.45) is 0 Å². The normalized spacial score (nSPS) is 14.9. The van der Waals surface area contributed by atoms with E-state index in [0.29, 0.717) is 0 Å². The number of anilines is 1. The maximum Gasteiger partial charge on any atom is 0.337 e. The summed E-state index contributed by atoms with van der Waals surface area (Å²) in [4.78, 5) is 25.9. The number of nitrogens with one attached hydrogen (secondary N) is 2. The van der Waals surface area contributed by atoms with Crippen LogP contribution < -0.4 is 10.0 Å². The fourth-order valence-corrected chi connectivity index (χ4v) is 4.08. The number of methoxy groups -OCH3 is 1. The van der Waals surface area contributed by atoms with Crippen LogP contribution in [0.15, 0.2) is 40.4 Å². The number of aliphatic hydroxyl groups excluding tert-OH is 1. The Hall–Kier alpha value is -2.43. The number of rotatable bonds is 8. The molecule has 0 atom stereocenters. The lowest BCUT2D eigenvalue weighted by molar-refractivity contribution is -0.136. The number of amides is 1. The highest BCUT2D eigenvalue weighted by Gasteiger charge is 2.35. The Labute approximate surface area is 158 Å². The molecule has 0 aliphatic carbocycles. The lowest BCUT2D eigenvalue weighted by atomic mass is 10.2. The molecule has 1 aromatic carbocycles. The summed E-state index contributed by atoms with van der Waals surface area (Å²) in [6, 6.07) is 5.75. The highest BCUT2D eigenvalue weighted by molar-refractivity contribution is 7.89. The molecule has 0 spiro atoms. The zero-order valence-electron chi connectivity index (χ0n) is 15.4. The van der Waals surface area contributed by atoms with E-state index in [-0.39, 0.29) is 47.6 Å². The molecule has 1 aliphatic rings. The van der Waals surface area contributed by atoms with E-state index in [0.717, 1.165) is 0 Å². The Morgan fingerprint density at radius 2 is 2.00 bits per heavy atom. The van der Waals surface area contributed by atoms with Crippen LogP contribution in [0.1, 0.15) is 13.8 Å². The van der Waals surface area contributed by atoms with Crippen LogP contribution in [0.5, 0.6) is 0 Å². The van der Waals surface area contributed by atoms with Gasteiger partial charge in [0, 0.05) is 12.6 Å². The van der Waals surface area contributed by atoms with Crippen LogP contribution in [-0.2, 0) is 24.3 Å². The van der Waals surface area contributed by atoms with Crippen LogP contribution in [0, 0.1) is 0 Å². The van der Waals surface area contributed by atoms with Gasteiger partial charge in [-0.1, -0.05) is 12.1 Å². The van der Waals surface area contributed by atoms with E-state index in [2.05, 4.69) is 10.0 Å². The molecule has 0 aromatic heterocycles. The van der Waals surface area contributed by atoms with Crippen molar-refractivity contribution in [2.45, 2.75) is 24.8 Å². The number of para-hydroxylation sites is 1. The van der Waals surface area contributed by atoms with Crippen molar-refractivity contribution in [2.75, 3.05) is 32.1 Å². The molecule has 0 radical (unpaired) electrons. The van der Waals surface area contributed by atoms with Crippen LogP contribution in [0.4, 0.5) is 5.69 Å². The van der Waals surface area contributed by atoms with Gasteiger partial charge in [0.1, 0.15) is 10.6 Å². The highest BCUT2D eigenvalue weighted by atomic mass is 32.2. The molecule has 148 valence electrons. The van der Waals surface area contributed by atoms with Crippen LogP contribution in [0.25, 0.3) is 0 Å². The summed E-state index contributed by atoms with van der Waals surface area (Å²) >= 11 is 0. The molecular formula is C17H23N3O6S. The number of nitrogens with zero attached hydrogens (tertiary/aromatic N) is 1. The monoisotopic (exact) mass is 397 g/mol. The number of carbonyl (C=O) groups is 2. The van der Waals surface area contributed by atoms with E-state index in [9.17, 15) is 18.0 Å². The highest BCUT2D eigenvalue weighted by Crippen LogP contribution is 2.27. The molecule has 9 nitrogen and oxygen atoms in total. The van der Waals surface area contributed by atoms with Crippen molar-refractivity contribution in [3.8, 4) is 0 Å². The number of esters is 1. The van der Waals surface area contributed by atoms with E-state index in [1.54, 1.807) is 26.0 Å². The summed E-state index contributed by atoms with van der Waals surface area (Å²) in [5.74, 6) is -1.22. The van der Waals surface area contributed by atoms with Crippen molar-refractivity contribution < 1.29 is 27.9 Å². The molecule has 0 saturated carbocycles. The summed E-state index contributed by atoms with van der Waals surface area (Å²) < 4.78 is 32.3. The van der Waals surface area contributed by atoms with Gasteiger partial charge in [-0.25, -0.2) is 17.9 Å². The quantitative estimate of drug-likeness (QED) is 0.529. The fourth-order valence-electron chi connectivity index (χ4n) is 2.66. The molecule has 1 aromatic rings. The first-order valence-corrected chi connectivity index (χ1v) is 9.79. The summed E-state index contributed by atoms with van der Waals surface area (Å²) in [7, 11) is -2.64. The number of β-amino-alcohol motifs (C(OH)–C–C–N with tert-alkyl or cyclic N) is 1. The molecule has 1 aliphatic heterocycles. The standard InChI is InChI=1S/C17H23N3O6S/c1-11(2)19-27(24,25)14-7-5-4-6-13(14)18-15-12(17(23)26-3)10-20(8-9-21)16(15)22/h4-7,11,18-19,21H,8-10H2,1-3H3. The van der Waals surface area contributed by atoms with Gasteiger partial charge in [0.25, 0.3) is 5.91 Å². The molecule has 27 heavy (non-hydrogen) atoms. The maximum absolute atomic E-state index is 12.6. The first-order chi connectivity index (χ1) is 12.7. The minimum absolute atomic E-state index is 0.0342. The first kappa shape index (κ1) is 20.9. The second-order valence-electron chi connectivity index (χ2n) is 6.19. The van der Waals surface area contributed by atoms with Crippen molar-refractivity contribution in [3.63, 3.8) is 0 Å². The van der Waals surface area contributed by atoms with Crippen molar-refractivity contribution in [3.05, 3.63) is 35.5 Å². The van der Waals surface area contributed by atoms with Gasteiger partial charge in [-0.15, -0.1) is 0 Å². The smallest absolute Gasteiger partial charge is 0.337 e. The van der Waals surface area contributed by atoms with Gasteiger partial charge in [-0.05, 0) is 26.0 Å². The predicted octanol–water partition coefficient (Wildman–Crippen LogP) is 0.0468. The zero-order valence-corrected chi connectivity index (χ0v) is 16.2. The number of hydrogen-bond donors (Lipinski definition) is 3. The number of ether oxygens (including phenoxy) is 1. The minimum atomic E-state index is -3.83. The zero-order chi connectivity index (χ0) is 20.2. The lowest BCUT2D eigenvalue weighted by Crippen LogP contribution is -2.32. The number of hydrogen-bond acceptors (Lipinski definition) is 7. The Bertz CT molecular complexity index is 863. The Kier molecular flexibility index (Phi) is 6.58. The van der Waals surface area contributed by atoms with Crippen LogP contribution >= 0.6 is 0 Å². The summed E-state index contributed by atoms with van der Waals surface area (Å²) in [6.45, 7) is 3.13. The third-order valence-corrected chi connectivity index (χ3v) is 5.50. The molecule has 10 heteroatoms. The fraction of sp³-hybridized carbons (Fsp3) is 0.412. The Balaban J connectivity index is 2.45. The number of carbonyl (C=O) groups excluding carboxylic acids is 2. The number of sulfonamides is 1. The maximum atomic E-state index is 12.6. The van der Waals surface area contributed by atoms with Gasteiger partial charge in [-0.3, -0.25) is 4.79 Å². The van der Waals surface area contributed by atoms with Gasteiger partial charge < -0.3 is 20.1 Å². The van der Waals surface area contributed by atoms with E-state index in [1.165, 1.54) is 24.1 Å². The van der Waals surface area contributed by atoms with E-state index in [4.69, 9.17) is 9.84 Å². The average molecular weight is 397 g/mol. The minimum Gasteiger partial charge on any atom is -0.466 e. The molecule has 0 bridgehead atoms. The third-order valence-electron chi connectivity index (χ3n) is 3.78. The van der Waals surface area contributed by atoms with Crippen LogP contribution in [-0.4, -0.2) is 63.1 Å². The van der Waals surface area contributed by atoms with Crippen molar-refractivity contribution >= 4 is 27.6 Å².